The van der Waals surface area contributed by atoms with Crippen LogP contribution in [0, 0.1) is 0 Å². The van der Waals surface area contributed by atoms with Gasteiger partial charge in [0.1, 0.15) is 11.6 Å². The van der Waals surface area contributed by atoms with Crippen molar-refractivity contribution in [2.75, 3.05) is 18.7 Å². The first kappa shape index (κ1) is 17.5. The molecule has 7 heteroatoms. The van der Waals surface area contributed by atoms with Gasteiger partial charge in [0, 0.05) is 12.1 Å². The van der Waals surface area contributed by atoms with E-state index in [1.807, 2.05) is 41.4 Å². The van der Waals surface area contributed by atoms with Crippen LogP contribution in [0.15, 0.2) is 35.6 Å². The standard InChI is InChI=1S/C18H23N5OS/c1-18(2,3)23-16-13(11-20-23)15(21-17(22-16)25-5)19-10-12-8-6-7-9-14(12)24-4/h6-9,11H,10H2,1-5H3,(H,19,21,22). The van der Waals surface area contributed by atoms with E-state index in [2.05, 4.69) is 41.2 Å². The van der Waals surface area contributed by atoms with Gasteiger partial charge in [-0.1, -0.05) is 30.0 Å². The number of para-hydroxylation sites is 1. The molecule has 0 atom stereocenters. The first-order chi connectivity index (χ1) is 11.9. The molecule has 0 saturated heterocycles. The average molecular weight is 357 g/mol. The van der Waals surface area contributed by atoms with Gasteiger partial charge in [-0.2, -0.15) is 5.10 Å². The number of ether oxygens (including phenoxy) is 1. The van der Waals surface area contributed by atoms with Crippen molar-refractivity contribution in [1.82, 2.24) is 19.7 Å². The van der Waals surface area contributed by atoms with Crippen molar-refractivity contribution >= 4 is 28.6 Å². The zero-order valence-corrected chi connectivity index (χ0v) is 16.0. The third kappa shape index (κ3) is 3.56. The Hall–Kier alpha value is -2.28. The van der Waals surface area contributed by atoms with E-state index in [0.29, 0.717) is 6.54 Å². The Morgan fingerprint density at radius 1 is 1.20 bits per heavy atom. The first-order valence-electron chi connectivity index (χ1n) is 8.10. The van der Waals surface area contributed by atoms with Gasteiger partial charge < -0.3 is 10.1 Å². The predicted octanol–water partition coefficient (Wildman–Crippen LogP) is 3.92. The van der Waals surface area contributed by atoms with E-state index in [0.717, 1.165) is 33.3 Å². The van der Waals surface area contributed by atoms with Crippen LogP contribution in [0.2, 0.25) is 0 Å². The van der Waals surface area contributed by atoms with Crippen molar-refractivity contribution in [3.63, 3.8) is 0 Å². The predicted molar refractivity (Wildman–Crippen MR) is 102 cm³/mol. The first-order valence-corrected chi connectivity index (χ1v) is 9.32. The number of fused-ring (bicyclic) bond motifs is 1. The zero-order valence-electron chi connectivity index (χ0n) is 15.2. The SMILES string of the molecule is COc1ccccc1CNc1nc(SC)nc2c1cnn2C(C)(C)C. The van der Waals surface area contributed by atoms with Gasteiger partial charge in [0.2, 0.25) is 0 Å². The lowest BCUT2D eigenvalue weighted by molar-refractivity contribution is 0.365. The molecule has 1 aromatic carbocycles. The van der Waals surface area contributed by atoms with Gasteiger partial charge >= 0.3 is 0 Å². The maximum atomic E-state index is 5.42. The minimum atomic E-state index is -0.147. The average Bonchev–Trinajstić information content (AvgIpc) is 3.04. The Labute approximate surface area is 152 Å². The van der Waals surface area contributed by atoms with E-state index >= 15 is 0 Å². The molecule has 3 rings (SSSR count). The van der Waals surface area contributed by atoms with Crippen molar-refractivity contribution < 1.29 is 4.74 Å². The van der Waals surface area contributed by atoms with Gasteiger partial charge in [0.05, 0.1) is 24.2 Å². The summed E-state index contributed by atoms with van der Waals surface area (Å²) in [6, 6.07) is 7.96. The molecular formula is C18H23N5OS. The Kier molecular flexibility index (Phi) is 4.85. The molecule has 0 aliphatic heterocycles. The number of benzene rings is 1. The van der Waals surface area contributed by atoms with Crippen LogP contribution in [0.25, 0.3) is 11.0 Å². The van der Waals surface area contributed by atoms with E-state index in [-0.39, 0.29) is 5.54 Å². The van der Waals surface area contributed by atoms with E-state index in [4.69, 9.17) is 4.74 Å². The van der Waals surface area contributed by atoms with Gasteiger partial charge in [-0.3, -0.25) is 0 Å². The highest BCUT2D eigenvalue weighted by Crippen LogP contribution is 2.28. The number of aromatic nitrogens is 4. The summed E-state index contributed by atoms with van der Waals surface area (Å²) in [7, 11) is 1.68. The molecule has 3 aromatic rings. The smallest absolute Gasteiger partial charge is 0.191 e. The molecule has 0 amide bonds. The van der Waals surface area contributed by atoms with E-state index in [1.165, 1.54) is 11.8 Å². The highest BCUT2D eigenvalue weighted by atomic mass is 32.2. The summed E-state index contributed by atoms with van der Waals surface area (Å²) in [5.74, 6) is 1.64. The number of hydrogen-bond acceptors (Lipinski definition) is 6. The van der Waals surface area contributed by atoms with E-state index in [9.17, 15) is 0 Å². The largest absolute Gasteiger partial charge is 0.496 e. The fourth-order valence-corrected chi connectivity index (χ4v) is 2.99. The van der Waals surface area contributed by atoms with Crippen LogP contribution in [0.4, 0.5) is 5.82 Å². The van der Waals surface area contributed by atoms with Crippen LogP contribution in [0.3, 0.4) is 0 Å². The normalized spacial score (nSPS) is 11.7. The topological polar surface area (TPSA) is 64.9 Å². The monoisotopic (exact) mass is 357 g/mol. The molecule has 0 bridgehead atoms. The Balaban J connectivity index is 1.99. The third-order valence-corrected chi connectivity index (χ3v) is 4.41. The van der Waals surface area contributed by atoms with Crippen molar-refractivity contribution in [1.29, 1.82) is 0 Å². The second kappa shape index (κ2) is 6.92. The fourth-order valence-electron chi connectivity index (χ4n) is 2.63. The molecule has 6 nitrogen and oxygen atoms in total. The van der Waals surface area contributed by atoms with Crippen LogP contribution in [0.1, 0.15) is 26.3 Å². The summed E-state index contributed by atoms with van der Waals surface area (Å²) in [6.07, 6.45) is 3.80. The van der Waals surface area contributed by atoms with Crippen molar-refractivity contribution in [2.24, 2.45) is 0 Å². The number of methoxy groups -OCH3 is 1. The molecule has 0 fully saturated rings. The Morgan fingerprint density at radius 3 is 2.64 bits per heavy atom. The van der Waals surface area contributed by atoms with E-state index in [1.54, 1.807) is 7.11 Å². The number of anilines is 1. The lowest BCUT2D eigenvalue weighted by atomic mass is 10.1. The van der Waals surface area contributed by atoms with Crippen LogP contribution >= 0.6 is 11.8 Å². The fraction of sp³-hybridized carbons (Fsp3) is 0.389. The summed E-state index contributed by atoms with van der Waals surface area (Å²) in [4.78, 5) is 9.29. The number of nitrogens with one attached hydrogen (secondary N) is 1. The summed E-state index contributed by atoms with van der Waals surface area (Å²) in [5, 5.41) is 9.59. The lowest BCUT2D eigenvalue weighted by Gasteiger charge is -2.20. The Morgan fingerprint density at radius 2 is 1.96 bits per heavy atom. The zero-order chi connectivity index (χ0) is 18.0. The van der Waals surface area contributed by atoms with Gasteiger partial charge in [-0.05, 0) is 33.1 Å². The quantitative estimate of drug-likeness (QED) is 0.551. The van der Waals surface area contributed by atoms with Gasteiger partial charge in [-0.25, -0.2) is 14.6 Å². The Bertz CT molecular complexity index is 885. The molecule has 0 unspecified atom stereocenters. The summed E-state index contributed by atoms with van der Waals surface area (Å²) in [6.45, 7) is 6.96. The van der Waals surface area contributed by atoms with Crippen molar-refractivity contribution in [3.05, 3.63) is 36.0 Å². The lowest BCUT2D eigenvalue weighted by Crippen LogP contribution is -2.23. The molecule has 0 aliphatic carbocycles. The molecular weight excluding hydrogens is 334 g/mol. The van der Waals surface area contributed by atoms with Gasteiger partial charge in [-0.15, -0.1) is 0 Å². The molecule has 0 radical (unpaired) electrons. The maximum absolute atomic E-state index is 5.42. The number of rotatable bonds is 5. The summed E-state index contributed by atoms with van der Waals surface area (Å²) in [5.41, 5.74) is 1.77. The maximum Gasteiger partial charge on any atom is 0.191 e. The molecule has 25 heavy (non-hydrogen) atoms. The molecule has 2 aromatic heterocycles. The minimum absolute atomic E-state index is 0.147. The second-order valence-corrected chi connectivity index (χ2v) is 7.46. The molecule has 0 aliphatic rings. The molecule has 2 heterocycles. The molecule has 0 spiro atoms. The van der Waals surface area contributed by atoms with Gasteiger partial charge in [0.15, 0.2) is 10.8 Å². The van der Waals surface area contributed by atoms with Crippen LogP contribution in [-0.2, 0) is 12.1 Å². The highest BCUT2D eigenvalue weighted by molar-refractivity contribution is 7.98. The van der Waals surface area contributed by atoms with Crippen LogP contribution < -0.4 is 10.1 Å². The van der Waals surface area contributed by atoms with Crippen LogP contribution in [-0.4, -0.2) is 33.1 Å². The van der Waals surface area contributed by atoms with Crippen LogP contribution in [0.5, 0.6) is 5.75 Å². The van der Waals surface area contributed by atoms with E-state index < -0.39 is 0 Å². The third-order valence-electron chi connectivity index (χ3n) is 3.86. The molecule has 1 N–H and O–H groups in total. The number of hydrogen-bond donors (Lipinski definition) is 1. The van der Waals surface area contributed by atoms with Crippen molar-refractivity contribution in [2.45, 2.75) is 38.0 Å². The van der Waals surface area contributed by atoms with Gasteiger partial charge in [0.25, 0.3) is 0 Å². The van der Waals surface area contributed by atoms with Crippen molar-refractivity contribution in [3.8, 4) is 5.75 Å². The summed E-state index contributed by atoms with van der Waals surface area (Å²) < 4.78 is 7.36. The molecule has 132 valence electrons. The summed E-state index contributed by atoms with van der Waals surface area (Å²) >= 11 is 1.52. The highest BCUT2D eigenvalue weighted by Gasteiger charge is 2.20. The minimum Gasteiger partial charge on any atom is -0.496 e. The molecule has 0 saturated carbocycles. The number of thioether (sulfide) groups is 1. The number of nitrogens with zero attached hydrogens (tertiary/aromatic N) is 4. The second-order valence-electron chi connectivity index (χ2n) is 6.69.